The van der Waals surface area contributed by atoms with Crippen molar-refractivity contribution in [2.75, 3.05) is 25.8 Å². The van der Waals surface area contributed by atoms with Gasteiger partial charge in [-0.3, -0.25) is 14.3 Å². The van der Waals surface area contributed by atoms with Crippen LogP contribution in [0.4, 0.5) is 13.2 Å². The van der Waals surface area contributed by atoms with Crippen molar-refractivity contribution in [2.45, 2.75) is 37.1 Å². The molecule has 0 amide bonds. The number of unbranched alkanes of at least 4 members (excludes halogenated alkanes) is 1. The van der Waals surface area contributed by atoms with Crippen molar-refractivity contribution in [1.82, 2.24) is 4.90 Å². The smallest absolute Gasteiger partial charge is 0.480 e. The third-order valence-electron chi connectivity index (χ3n) is 4.81. The summed E-state index contributed by atoms with van der Waals surface area (Å²) in [6.07, 6.45) is -3.66. The lowest BCUT2D eigenvalue weighted by atomic mass is 9.99. The lowest BCUT2D eigenvalue weighted by Gasteiger charge is -2.43. The first-order valence-corrected chi connectivity index (χ1v) is 11.0. The van der Waals surface area contributed by atoms with Crippen molar-refractivity contribution in [3.8, 4) is 0 Å². The Balaban J connectivity index is 0.000000553. The van der Waals surface area contributed by atoms with Gasteiger partial charge in [-0.2, -0.15) is 13.2 Å². The number of carbonyl (C=O) groups is 2. The Hall–Kier alpha value is -1.94. The van der Waals surface area contributed by atoms with Crippen LogP contribution in [0, 0.1) is 0 Å². The average molecular weight is 454 g/mol. The maximum atomic E-state index is 12.6. The van der Waals surface area contributed by atoms with E-state index in [9.17, 15) is 32.5 Å². The predicted octanol–water partition coefficient (Wildman–Crippen LogP) is 2.36. The zero-order chi connectivity index (χ0) is 23.0. The minimum atomic E-state index is -5.08. The van der Waals surface area contributed by atoms with Gasteiger partial charge < -0.3 is 20.8 Å². The molecule has 1 aromatic carbocycles. The first kappa shape index (κ1) is 26.1. The summed E-state index contributed by atoms with van der Waals surface area (Å²) in [6.45, 7) is 1.59. The highest BCUT2D eigenvalue weighted by Gasteiger charge is 2.56. The summed E-state index contributed by atoms with van der Waals surface area (Å²) in [5, 5.41) is 15.3. The van der Waals surface area contributed by atoms with Crippen LogP contribution in [0.3, 0.4) is 0 Å². The van der Waals surface area contributed by atoms with Gasteiger partial charge in [0, 0.05) is 25.8 Å². The van der Waals surface area contributed by atoms with Crippen LogP contribution < -0.4 is 5.73 Å². The summed E-state index contributed by atoms with van der Waals surface area (Å²) in [5.41, 5.74) is 6.54. The predicted molar refractivity (Wildman–Crippen MR) is 103 cm³/mol. The quantitative estimate of drug-likeness (QED) is 0.364. The normalized spacial score (nSPS) is 24.6. The van der Waals surface area contributed by atoms with Crippen LogP contribution in [0.5, 0.6) is 0 Å². The van der Waals surface area contributed by atoms with Crippen LogP contribution in [0.1, 0.15) is 24.8 Å². The number of hydrogen-bond donors (Lipinski definition) is 4. The summed E-state index contributed by atoms with van der Waals surface area (Å²) in [7, 11) is -3.75. The van der Waals surface area contributed by atoms with Gasteiger partial charge in [-0.05, 0) is 24.9 Å². The number of benzene rings is 1. The number of alkyl halides is 3. The molecule has 0 bridgehead atoms. The Morgan fingerprint density at radius 2 is 1.73 bits per heavy atom. The largest absolute Gasteiger partial charge is 0.490 e. The Labute approximate surface area is 171 Å². The summed E-state index contributed by atoms with van der Waals surface area (Å²) >= 11 is 0. The minimum absolute atomic E-state index is 0.0226. The first-order chi connectivity index (χ1) is 13.9. The van der Waals surface area contributed by atoms with E-state index < -0.39 is 30.6 Å². The van der Waals surface area contributed by atoms with Gasteiger partial charge in [0.2, 0.25) is 7.37 Å². The van der Waals surface area contributed by atoms with E-state index in [0.717, 1.165) is 5.56 Å². The van der Waals surface area contributed by atoms with Crippen molar-refractivity contribution in [2.24, 2.45) is 5.73 Å². The number of nitrogens with two attached hydrogens (primary N) is 1. The fraction of sp³-hybridized carbons (Fsp3) is 0.556. The van der Waals surface area contributed by atoms with Crippen molar-refractivity contribution < 1.29 is 42.4 Å². The van der Waals surface area contributed by atoms with E-state index >= 15 is 0 Å². The topological polar surface area (TPSA) is 141 Å². The molecule has 0 aromatic heterocycles. The Morgan fingerprint density at radius 1 is 1.17 bits per heavy atom. The molecule has 2 unspecified atom stereocenters. The number of aliphatic carboxylic acids is 2. The molecule has 1 heterocycles. The Bertz CT molecular complexity index is 762. The number of carboxylic acids is 2. The SMILES string of the molecule is NCCCCC1(C(=O)O)CN(Cc2ccccc2)CCP1(=O)O.O=C(O)C(F)(F)F. The van der Waals surface area contributed by atoms with E-state index in [-0.39, 0.29) is 19.1 Å². The van der Waals surface area contributed by atoms with Gasteiger partial charge in [-0.25, -0.2) is 4.79 Å². The van der Waals surface area contributed by atoms with Crippen LogP contribution in [-0.4, -0.2) is 69.1 Å². The Kier molecular flexibility index (Phi) is 9.48. The molecule has 2 atom stereocenters. The maximum absolute atomic E-state index is 12.6. The molecular weight excluding hydrogens is 428 g/mol. The molecule has 8 nitrogen and oxygen atoms in total. The number of halogens is 3. The van der Waals surface area contributed by atoms with Gasteiger partial charge in [-0.15, -0.1) is 0 Å². The second kappa shape index (κ2) is 10.9. The lowest BCUT2D eigenvalue weighted by molar-refractivity contribution is -0.192. The molecular formula is C18H26F3N2O6P. The second-order valence-electron chi connectivity index (χ2n) is 7.01. The van der Waals surface area contributed by atoms with Gasteiger partial charge in [0.1, 0.15) is 0 Å². The molecule has 0 aliphatic carbocycles. The number of hydrogen-bond acceptors (Lipinski definition) is 5. The van der Waals surface area contributed by atoms with Crippen molar-refractivity contribution >= 4 is 19.3 Å². The van der Waals surface area contributed by atoms with E-state index in [1.165, 1.54) is 0 Å². The molecule has 30 heavy (non-hydrogen) atoms. The van der Waals surface area contributed by atoms with Crippen LogP contribution in [0.25, 0.3) is 0 Å². The van der Waals surface area contributed by atoms with Gasteiger partial charge in [-0.1, -0.05) is 36.8 Å². The zero-order valence-corrected chi connectivity index (χ0v) is 17.1. The molecule has 0 radical (unpaired) electrons. The summed E-state index contributed by atoms with van der Waals surface area (Å²) in [4.78, 5) is 33.1. The number of nitrogens with zero attached hydrogens (tertiary/aromatic N) is 1. The fourth-order valence-corrected chi connectivity index (χ4v) is 5.38. The molecule has 0 saturated carbocycles. The lowest BCUT2D eigenvalue weighted by Crippen LogP contribution is -2.53. The van der Waals surface area contributed by atoms with Crippen LogP contribution in [0.15, 0.2) is 30.3 Å². The van der Waals surface area contributed by atoms with Crippen LogP contribution >= 0.6 is 7.37 Å². The molecule has 2 rings (SSSR count). The van der Waals surface area contributed by atoms with E-state index in [4.69, 9.17) is 15.6 Å². The molecule has 0 spiro atoms. The highest BCUT2D eigenvalue weighted by Crippen LogP contribution is 2.59. The zero-order valence-electron chi connectivity index (χ0n) is 16.2. The standard InChI is InChI=1S/C16H25N2O4P.C2HF3O2/c17-9-5-4-8-16(15(19)20)13-18(10-11-23(16,21)22)12-14-6-2-1-3-7-14;3-2(4,5)1(6)7/h1-3,6-7H,4-5,8-13,17H2,(H,19,20)(H,21,22);(H,6,7). The molecule has 1 fully saturated rings. The van der Waals surface area contributed by atoms with Crippen LogP contribution in [-0.2, 0) is 20.7 Å². The van der Waals surface area contributed by atoms with Gasteiger partial charge in [0.05, 0.1) is 0 Å². The first-order valence-electron chi connectivity index (χ1n) is 9.17. The summed E-state index contributed by atoms with van der Waals surface area (Å²) in [5.74, 6) is -3.93. The van der Waals surface area contributed by atoms with E-state index in [0.29, 0.717) is 32.5 Å². The van der Waals surface area contributed by atoms with Crippen molar-refractivity contribution in [3.05, 3.63) is 35.9 Å². The maximum Gasteiger partial charge on any atom is 0.490 e. The van der Waals surface area contributed by atoms with E-state index in [1.807, 2.05) is 35.2 Å². The van der Waals surface area contributed by atoms with Crippen LogP contribution in [0.2, 0.25) is 0 Å². The van der Waals surface area contributed by atoms with Crippen molar-refractivity contribution in [3.63, 3.8) is 0 Å². The van der Waals surface area contributed by atoms with E-state index in [1.54, 1.807) is 0 Å². The molecule has 5 N–H and O–H groups in total. The fourth-order valence-electron chi connectivity index (χ4n) is 3.17. The molecule has 12 heteroatoms. The molecule has 1 aliphatic heterocycles. The van der Waals surface area contributed by atoms with Gasteiger partial charge in [0.15, 0.2) is 5.16 Å². The summed E-state index contributed by atoms with van der Waals surface area (Å²) in [6, 6.07) is 9.74. The summed E-state index contributed by atoms with van der Waals surface area (Å²) < 4.78 is 44.4. The minimum Gasteiger partial charge on any atom is -0.480 e. The Morgan fingerprint density at radius 3 is 2.20 bits per heavy atom. The molecule has 170 valence electrons. The van der Waals surface area contributed by atoms with Gasteiger partial charge in [0.25, 0.3) is 0 Å². The number of carboxylic acid groups (broad SMARTS) is 2. The molecule has 1 saturated heterocycles. The second-order valence-corrected chi connectivity index (χ2v) is 9.71. The highest BCUT2D eigenvalue weighted by molar-refractivity contribution is 7.61. The van der Waals surface area contributed by atoms with Crippen molar-refractivity contribution in [1.29, 1.82) is 0 Å². The monoisotopic (exact) mass is 454 g/mol. The average Bonchev–Trinajstić information content (AvgIpc) is 2.65. The molecule has 1 aliphatic rings. The van der Waals surface area contributed by atoms with Gasteiger partial charge >= 0.3 is 18.1 Å². The third kappa shape index (κ3) is 7.09. The highest BCUT2D eigenvalue weighted by atomic mass is 31.2. The molecule has 1 aromatic rings. The third-order valence-corrected chi connectivity index (χ3v) is 7.51. The number of rotatable bonds is 7. The van der Waals surface area contributed by atoms with E-state index in [2.05, 4.69) is 0 Å².